The third-order valence-electron chi connectivity index (χ3n) is 4.60. The highest BCUT2D eigenvalue weighted by Crippen LogP contribution is 2.23. The minimum atomic E-state index is 0.173. The minimum Gasteiger partial charge on any atom is -0.491 e. The molecule has 0 radical (unpaired) electrons. The summed E-state index contributed by atoms with van der Waals surface area (Å²) < 4.78 is 7.83. The van der Waals surface area contributed by atoms with Gasteiger partial charge in [-0.25, -0.2) is 4.98 Å². The van der Waals surface area contributed by atoms with Crippen LogP contribution in [0.5, 0.6) is 5.75 Å². The first kappa shape index (κ1) is 18.1. The van der Waals surface area contributed by atoms with Gasteiger partial charge in [-0.15, -0.1) is 0 Å². The number of imidazole rings is 1. The first-order valence-electron chi connectivity index (χ1n) is 9.57. The van der Waals surface area contributed by atoms with Crippen LogP contribution in [0.1, 0.15) is 30.5 Å². The molecule has 3 aromatic carbocycles. The summed E-state index contributed by atoms with van der Waals surface area (Å²) in [5.74, 6) is 0.881. The lowest BCUT2D eigenvalue weighted by Gasteiger charge is -2.10. The highest BCUT2D eigenvalue weighted by atomic mass is 16.5. The summed E-state index contributed by atoms with van der Waals surface area (Å²) in [6.07, 6.45) is 6.30. The molecule has 3 nitrogen and oxygen atoms in total. The number of benzene rings is 3. The Hall–Kier alpha value is -3.33. The summed E-state index contributed by atoms with van der Waals surface area (Å²) in [5, 5.41) is 0. The fraction of sp³-hybridized carbons (Fsp3) is 0.160. The van der Waals surface area contributed by atoms with Crippen molar-refractivity contribution in [2.45, 2.75) is 26.9 Å². The van der Waals surface area contributed by atoms with E-state index in [9.17, 15) is 0 Å². The molecule has 0 amide bonds. The van der Waals surface area contributed by atoms with Crippen molar-refractivity contribution in [2.75, 3.05) is 0 Å². The molecule has 140 valence electrons. The number of ether oxygens (including phenoxy) is 1. The number of aromatic nitrogens is 2. The van der Waals surface area contributed by atoms with Crippen LogP contribution in [0, 0.1) is 6.92 Å². The normalized spacial score (nSPS) is 11.6. The maximum absolute atomic E-state index is 5.73. The van der Waals surface area contributed by atoms with Crippen LogP contribution >= 0.6 is 0 Å². The second-order valence-electron chi connectivity index (χ2n) is 7.27. The zero-order valence-electron chi connectivity index (χ0n) is 16.5. The SMILES string of the molecule is Cc1ccc(C=Cc2ccc3c(c2)ncn3-c2ccc(OC(C)C)cc2)cc1. The lowest BCUT2D eigenvalue weighted by atomic mass is 10.1. The molecule has 0 saturated heterocycles. The van der Waals surface area contributed by atoms with Gasteiger partial charge in [0.05, 0.1) is 17.1 Å². The smallest absolute Gasteiger partial charge is 0.119 e. The van der Waals surface area contributed by atoms with Crippen LogP contribution in [0.25, 0.3) is 28.9 Å². The van der Waals surface area contributed by atoms with Gasteiger partial charge in [-0.05, 0) is 68.3 Å². The van der Waals surface area contributed by atoms with Crippen molar-refractivity contribution >= 4 is 23.2 Å². The van der Waals surface area contributed by atoms with Crippen molar-refractivity contribution in [1.82, 2.24) is 9.55 Å². The third kappa shape index (κ3) is 3.99. The molecule has 0 bridgehead atoms. The van der Waals surface area contributed by atoms with Gasteiger partial charge in [-0.3, -0.25) is 4.57 Å². The molecule has 3 heteroatoms. The molecule has 0 spiro atoms. The van der Waals surface area contributed by atoms with E-state index in [2.05, 4.69) is 83.2 Å². The standard InChI is InChI=1S/C25H24N2O/c1-18(2)28-23-13-11-22(12-14-23)27-17-26-24-16-21(10-15-25(24)27)9-8-20-6-4-19(3)5-7-20/h4-18H,1-3H3. The Kier molecular flexibility index (Phi) is 4.98. The Labute approximate surface area is 165 Å². The first-order chi connectivity index (χ1) is 13.6. The van der Waals surface area contributed by atoms with Crippen LogP contribution in [-0.4, -0.2) is 15.7 Å². The predicted octanol–water partition coefficient (Wildman–Crippen LogP) is 6.29. The molecule has 1 heterocycles. The summed E-state index contributed by atoms with van der Waals surface area (Å²) in [6.45, 7) is 6.16. The summed E-state index contributed by atoms with van der Waals surface area (Å²) in [6, 6.07) is 23.0. The van der Waals surface area contributed by atoms with Crippen molar-refractivity contribution in [3.05, 3.63) is 89.7 Å². The van der Waals surface area contributed by atoms with Gasteiger partial charge < -0.3 is 4.74 Å². The Morgan fingerprint density at radius 3 is 2.25 bits per heavy atom. The van der Waals surface area contributed by atoms with Gasteiger partial charge in [0, 0.05) is 5.69 Å². The number of fused-ring (bicyclic) bond motifs is 1. The number of hydrogen-bond acceptors (Lipinski definition) is 2. The van der Waals surface area contributed by atoms with Gasteiger partial charge in [-0.1, -0.05) is 48.0 Å². The molecule has 4 aromatic rings. The first-order valence-corrected chi connectivity index (χ1v) is 9.57. The van der Waals surface area contributed by atoms with E-state index in [4.69, 9.17) is 4.74 Å². The van der Waals surface area contributed by atoms with E-state index in [1.807, 2.05) is 32.3 Å². The Bertz CT molecular complexity index is 1100. The van der Waals surface area contributed by atoms with Gasteiger partial charge in [-0.2, -0.15) is 0 Å². The molecular formula is C25H24N2O. The summed E-state index contributed by atoms with van der Waals surface area (Å²) in [5.41, 5.74) is 6.74. The van der Waals surface area contributed by atoms with Crippen molar-refractivity contribution in [3.63, 3.8) is 0 Å². The fourth-order valence-electron chi connectivity index (χ4n) is 3.17. The molecule has 4 rings (SSSR count). The molecular weight excluding hydrogens is 344 g/mol. The van der Waals surface area contributed by atoms with Gasteiger partial charge in [0.2, 0.25) is 0 Å². The van der Waals surface area contributed by atoms with Crippen LogP contribution in [0.3, 0.4) is 0 Å². The average Bonchev–Trinajstić information content (AvgIpc) is 3.11. The number of nitrogens with zero attached hydrogens (tertiary/aromatic N) is 2. The highest BCUT2D eigenvalue weighted by molar-refractivity contribution is 5.82. The van der Waals surface area contributed by atoms with Crippen molar-refractivity contribution in [1.29, 1.82) is 0 Å². The predicted molar refractivity (Wildman–Crippen MR) is 117 cm³/mol. The topological polar surface area (TPSA) is 27.1 Å². The lowest BCUT2D eigenvalue weighted by molar-refractivity contribution is 0.242. The van der Waals surface area contributed by atoms with Crippen molar-refractivity contribution < 1.29 is 4.74 Å². The van der Waals surface area contributed by atoms with E-state index in [1.165, 1.54) is 11.1 Å². The monoisotopic (exact) mass is 368 g/mol. The highest BCUT2D eigenvalue weighted by Gasteiger charge is 2.06. The average molecular weight is 368 g/mol. The zero-order chi connectivity index (χ0) is 19.5. The van der Waals surface area contributed by atoms with Gasteiger partial charge in [0.1, 0.15) is 12.1 Å². The van der Waals surface area contributed by atoms with E-state index in [-0.39, 0.29) is 6.10 Å². The Balaban J connectivity index is 1.58. The van der Waals surface area contributed by atoms with Crippen LogP contribution in [0.4, 0.5) is 0 Å². The van der Waals surface area contributed by atoms with Crippen LogP contribution < -0.4 is 4.74 Å². The van der Waals surface area contributed by atoms with E-state index >= 15 is 0 Å². The maximum Gasteiger partial charge on any atom is 0.119 e. The summed E-state index contributed by atoms with van der Waals surface area (Å²) >= 11 is 0. The number of aryl methyl sites for hydroxylation is 1. The van der Waals surface area contributed by atoms with Crippen LogP contribution in [0.15, 0.2) is 73.1 Å². The molecule has 0 aliphatic rings. The zero-order valence-corrected chi connectivity index (χ0v) is 16.5. The molecule has 0 unspecified atom stereocenters. The quantitative estimate of drug-likeness (QED) is 0.387. The van der Waals surface area contributed by atoms with Crippen molar-refractivity contribution in [2.24, 2.45) is 0 Å². The van der Waals surface area contributed by atoms with E-state index < -0.39 is 0 Å². The number of rotatable bonds is 5. The Morgan fingerprint density at radius 2 is 1.54 bits per heavy atom. The number of hydrogen-bond donors (Lipinski definition) is 0. The van der Waals surface area contributed by atoms with Gasteiger partial charge >= 0.3 is 0 Å². The van der Waals surface area contributed by atoms with Crippen LogP contribution in [0.2, 0.25) is 0 Å². The largest absolute Gasteiger partial charge is 0.491 e. The van der Waals surface area contributed by atoms with E-state index in [1.54, 1.807) is 0 Å². The molecule has 0 aliphatic carbocycles. The molecule has 0 aliphatic heterocycles. The molecule has 0 fully saturated rings. The van der Waals surface area contributed by atoms with Crippen molar-refractivity contribution in [3.8, 4) is 11.4 Å². The molecule has 0 N–H and O–H groups in total. The second-order valence-corrected chi connectivity index (χ2v) is 7.27. The summed E-state index contributed by atoms with van der Waals surface area (Å²) in [7, 11) is 0. The van der Waals surface area contributed by atoms with E-state index in [0.717, 1.165) is 28.0 Å². The van der Waals surface area contributed by atoms with Crippen LogP contribution in [-0.2, 0) is 0 Å². The lowest BCUT2D eigenvalue weighted by Crippen LogP contribution is -2.05. The minimum absolute atomic E-state index is 0.173. The van der Waals surface area contributed by atoms with Gasteiger partial charge in [0.15, 0.2) is 0 Å². The fourth-order valence-corrected chi connectivity index (χ4v) is 3.17. The Morgan fingerprint density at radius 1 is 0.857 bits per heavy atom. The molecule has 0 atom stereocenters. The molecule has 0 saturated carbocycles. The summed E-state index contributed by atoms with van der Waals surface area (Å²) in [4.78, 5) is 4.59. The van der Waals surface area contributed by atoms with E-state index in [0.29, 0.717) is 0 Å². The second kappa shape index (κ2) is 7.73. The molecule has 28 heavy (non-hydrogen) atoms. The maximum atomic E-state index is 5.73. The van der Waals surface area contributed by atoms with Gasteiger partial charge in [0.25, 0.3) is 0 Å². The third-order valence-corrected chi connectivity index (χ3v) is 4.60. The molecule has 1 aromatic heterocycles.